The SMILES string of the molecule is CC[C@H](C)OC(=O)C1=C(C)NC2=C(C(=O)C[C@@H](c3ccc(Cl)cc3)C2)[C@H]1c1ccc2c(c1)OCO2. The van der Waals surface area contributed by atoms with Crippen LogP contribution in [0.5, 0.6) is 11.5 Å². The molecular formula is C28H28ClNO5. The van der Waals surface area contributed by atoms with Gasteiger partial charge in [-0.3, -0.25) is 4.79 Å². The number of hydrogen-bond acceptors (Lipinski definition) is 6. The fourth-order valence-corrected chi connectivity index (χ4v) is 5.16. The molecule has 3 aliphatic rings. The molecule has 1 aliphatic carbocycles. The van der Waals surface area contributed by atoms with Crippen LogP contribution in [0.2, 0.25) is 5.02 Å². The molecule has 0 saturated carbocycles. The highest BCUT2D eigenvalue weighted by atomic mass is 35.5. The van der Waals surface area contributed by atoms with E-state index < -0.39 is 11.9 Å². The van der Waals surface area contributed by atoms with Crippen LogP contribution in [0, 0.1) is 0 Å². The van der Waals surface area contributed by atoms with Gasteiger partial charge in [-0.2, -0.15) is 0 Å². The number of allylic oxidation sites excluding steroid dienone is 3. The van der Waals surface area contributed by atoms with E-state index >= 15 is 0 Å². The van der Waals surface area contributed by atoms with Gasteiger partial charge < -0.3 is 19.5 Å². The number of nitrogens with one attached hydrogen (secondary N) is 1. The summed E-state index contributed by atoms with van der Waals surface area (Å²) in [6.45, 7) is 5.86. The van der Waals surface area contributed by atoms with Crippen LogP contribution in [-0.4, -0.2) is 24.6 Å². The molecule has 2 aromatic rings. The highest BCUT2D eigenvalue weighted by Gasteiger charge is 2.42. The van der Waals surface area contributed by atoms with Gasteiger partial charge in [0.15, 0.2) is 17.3 Å². The van der Waals surface area contributed by atoms with E-state index in [1.54, 1.807) is 0 Å². The van der Waals surface area contributed by atoms with Gasteiger partial charge in [-0.15, -0.1) is 0 Å². The number of ketones is 1. The maximum Gasteiger partial charge on any atom is 0.337 e. The first-order valence-corrected chi connectivity index (χ1v) is 12.3. The molecule has 2 aromatic carbocycles. The third-order valence-electron chi connectivity index (χ3n) is 7.00. The van der Waals surface area contributed by atoms with Crippen molar-refractivity contribution >= 4 is 23.4 Å². The Morgan fingerprint density at radius 3 is 2.57 bits per heavy atom. The smallest absolute Gasteiger partial charge is 0.337 e. The van der Waals surface area contributed by atoms with Crippen LogP contribution >= 0.6 is 11.6 Å². The summed E-state index contributed by atoms with van der Waals surface area (Å²) < 4.78 is 16.8. The fourth-order valence-electron chi connectivity index (χ4n) is 5.04. The number of carbonyl (C=O) groups is 2. The van der Waals surface area contributed by atoms with E-state index in [0.29, 0.717) is 52.6 Å². The number of hydrogen-bond donors (Lipinski definition) is 1. The zero-order valence-corrected chi connectivity index (χ0v) is 20.8. The lowest BCUT2D eigenvalue weighted by Crippen LogP contribution is -2.36. The molecule has 5 rings (SSSR count). The van der Waals surface area contributed by atoms with E-state index in [1.165, 1.54) is 0 Å². The summed E-state index contributed by atoms with van der Waals surface area (Å²) in [6, 6.07) is 13.2. The van der Waals surface area contributed by atoms with Gasteiger partial charge in [-0.05, 0) is 68.0 Å². The number of halogens is 1. The predicted octanol–water partition coefficient (Wildman–Crippen LogP) is 5.77. The second-order valence-corrected chi connectivity index (χ2v) is 9.74. The zero-order chi connectivity index (χ0) is 24.7. The number of dihydropyridines is 1. The molecule has 0 bridgehead atoms. The molecule has 6 nitrogen and oxygen atoms in total. The average Bonchev–Trinajstić information content (AvgIpc) is 3.31. The maximum absolute atomic E-state index is 13.7. The third kappa shape index (κ3) is 4.43. The number of carbonyl (C=O) groups excluding carboxylic acids is 2. The monoisotopic (exact) mass is 493 g/mol. The summed E-state index contributed by atoms with van der Waals surface area (Å²) in [4.78, 5) is 27.1. The summed E-state index contributed by atoms with van der Waals surface area (Å²) in [6.07, 6.45) is 1.49. The fraction of sp³-hybridized carbons (Fsp3) is 0.357. The Morgan fingerprint density at radius 1 is 1.11 bits per heavy atom. The summed E-state index contributed by atoms with van der Waals surface area (Å²) >= 11 is 6.07. The summed E-state index contributed by atoms with van der Waals surface area (Å²) in [5.41, 5.74) is 4.50. The lowest BCUT2D eigenvalue weighted by Gasteiger charge is -2.37. The quantitative estimate of drug-likeness (QED) is 0.533. The zero-order valence-electron chi connectivity index (χ0n) is 20.0. The van der Waals surface area contributed by atoms with Crippen molar-refractivity contribution in [3.8, 4) is 11.5 Å². The average molecular weight is 494 g/mol. The summed E-state index contributed by atoms with van der Waals surface area (Å²) in [7, 11) is 0. The van der Waals surface area contributed by atoms with Crippen molar-refractivity contribution in [1.82, 2.24) is 5.32 Å². The Morgan fingerprint density at radius 2 is 1.83 bits per heavy atom. The Balaban J connectivity index is 1.58. The first-order chi connectivity index (χ1) is 16.9. The molecule has 35 heavy (non-hydrogen) atoms. The predicted molar refractivity (Wildman–Crippen MR) is 132 cm³/mol. The van der Waals surface area contributed by atoms with Crippen LogP contribution in [0.4, 0.5) is 0 Å². The van der Waals surface area contributed by atoms with Gasteiger partial charge in [0.25, 0.3) is 0 Å². The molecule has 182 valence electrons. The Hall–Kier alpha value is -3.25. The minimum atomic E-state index is -0.545. The van der Waals surface area contributed by atoms with Crippen molar-refractivity contribution in [2.24, 2.45) is 0 Å². The molecule has 0 saturated heterocycles. The summed E-state index contributed by atoms with van der Waals surface area (Å²) in [5, 5.41) is 4.05. The van der Waals surface area contributed by atoms with Gasteiger partial charge in [-0.25, -0.2) is 4.79 Å². The first-order valence-electron chi connectivity index (χ1n) is 12.0. The maximum atomic E-state index is 13.7. The lowest BCUT2D eigenvalue weighted by molar-refractivity contribution is -0.144. The van der Waals surface area contributed by atoms with Gasteiger partial charge in [0.1, 0.15) is 0 Å². The molecular weight excluding hydrogens is 466 g/mol. The van der Waals surface area contributed by atoms with Gasteiger partial charge in [0.05, 0.1) is 11.7 Å². The standard InChI is InChI=1S/C28H28ClNO5/c1-4-15(2)35-28(32)25-16(3)30-21-11-19(17-5-8-20(29)9-6-17)12-22(31)27(21)26(25)18-7-10-23-24(13-18)34-14-33-23/h5-10,13,15,19,26,30H,4,11-12,14H2,1-3H3/t15-,19-,26-/m0/s1. The Kier molecular flexibility index (Phi) is 6.32. The van der Waals surface area contributed by atoms with E-state index in [0.717, 1.165) is 16.8 Å². The number of Topliss-reactive ketones (excluding diaryl/α,β-unsaturated/α-hetero) is 1. The molecule has 0 unspecified atom stereocenters. The van der Waals surface area contributed by atoms with Crippen molar-refractivity contribution in [2.75, 3.05) is 6.79 Å². The van der Waals surface area contributed by atoms with E-state index in [9.17, 15) is 9.59 Å². The normalized spacial score (nSPS) is 22.0. The molecule has 0 fully saturated rings. The molecule has 0 amide bonds. The van der Waals surface area contributed by atoms with Crippen molar-refractivity contribution in [3.63, 3.8) is 0 Å². The number of fused-ring (bicyclic) bond motifs is 1. The van der Waals surface area contributed by atoms with E-state index in [-0.39, 0.29) is 24.6 Å². The second-order valence-electron chi connectivity index (χ2n) is 9.31. The van der Waals surface area contributed by atoms with E-state index in [2.05, 4.69) is 5.32 Å². The molecule has 3 atom stereocenters. The topological polar surface area (TPSA) is 73.9 Å². The third-order valence-corrected chi connectivity index (χ3v) is 7.25. The number of rotatable bonds is 5. The minimum Gasteiger partial charge on any atom is -0.459 e. The summed E-state index contributed by atoms with van der Waals surface area (Å²) in [5.74, 6) is 0.353. The van der Waals surface area contributed by atoms with Crippen molar-refractivity contribution in [1.29, 1.82) is 0 Å². The second kappa shape index (κ2) is 9.42. The van der Waals surface area contributed by atoms with Crippen LogP contribution < -0.4 is 14.8 Å². The van der Waals surface area contributed by atoms with E-state index in [1.807, 2.05) is 63.2 Å². The molecule has 0 spiro atoms. The van der Waals surface area contributed by atoms with Crippen LogP contribution in [0.15, 0.2) is 65.0 Å². The highest BCUT2D eigenvalue weighted by Crippen LogP contribution is 2.47. The van der Waals surface area contributed by atoms with Crippen LogP contribution in [-0.2, 0) is 14.3 Å². The van der Waals surface area contributed by atoms with Gasteiger partial charge in [0, 0.05) is 34.3 Å². The molecule has 7 heteroatoms. The minimum absolute atomic E-state index is 0.0164. The van der Waals surface area contributed by atoms with E-state index in [4.69, 9.17) is 25.8 Å². The van der Waals surface area contributed by atoms with Crippen LogP contribution in [0.25, 0.3) is 0 Å². The number of esters is 1. The van der Waals surface area contributed by atoms with Gasteiger partial charge in [0.2, 0.25) is 6.79 Å². The molecule has 0 aromatic heterocycles. The number of ether oxygens (including phenoxy) is 3. The molecule has 1 N–H and O–H groups in total. The molecule has 2 heterocycles. The Bertz CT molecular complexity index is 1250. The number of benzene rings is 2. The lowest BCUT2D eigenvalue weighted by atomic mass is 9.71. The highest BCUT2D eigenvalue weighted by molar-refractivity contribution is 6.30. The molecule has 0 radical (unpaired) electrons. The van der Waals surface area contributed by atoms with Crippen molar-refractivity contribution in [2.45, 2.75) is 58.0 Å². The molecule has 2 aliphatic heterocycles. The first kappa shape index (κ1) is 23.5. The van der Waals surface area contributed by atoms with Crippen molar-refractivity contribution in [3.05, 3.63) is 81.2 Å². The largest absolute Gasteiger partial charge is 0.459 e. The van der Waals surface area contributed by atoms with Gasteiger partial charge >= 0.3 is 5.97 Å². The van der Waals surface area contributed by atoms with Crippen molar-refractivity contribution < 1.29 is 23.8 Å². The van der Waals surface area contributed by atoms with Crippen LogP contribution in [0.1, 0.15) is 63.0 Å². The Labute approximate surface area is 209 Å². The van der Waals surface area contributed by atoms with Crippen LogP contribution in [0.3, 0.4) is 0 Å². The van der Waals surface area contributed by atoms with Gasteiger partial charge in [-0.1, -0.05) is 36.7 Å².